The summed E-state index contributed by atoms with van der Waals surface area (Å²) >= 11 is 1.05. The Balaban J connectivity index is 1.52. The number of aryl methyl sites for hydroxylation is 1. The summed E-state index contributed by atoms with van der Waals surface area (Å²) in [4.78, 5) is 28.0. The predicted octanol–water partition coefficient (Wildman–Crippen LogP) is 4.15. The number of carbonyl (C=O) groups is 2. The molecule has 1 fully saturated rings. The molecule has 9 heteroatoms. The molecule has 1 saturated carbocycles. The lowest BCUT2D eigenvalue weighted by atomic mass is 9.89. The summed E-state index contributed by atoms with van der Waals surface area (Å²) in [6, 6.07) is 12.8. The Morgan fingerprint density at radius 2 is 1.94 bits per heavy atom. The van der Waals surface area contributed by atoms with E-state index in [0.29, 0.717) is 28.4 Å². The fourth-order valence-electron chi connectivity index (χ4n) is 4.17. The molecule has 1 aliphatic carbocycles. The smallest absolute Gasteiger partial charge is 0.269 e. The van der Waals surface area contributed by atoms with Gasteiger partial charge >= 0.3 is 0 Å². The number of benzene rings is 2. The summed E-state index contributed by atoms with van der Waals surface area (Å²) in [6.07, 6.45) is 3.72. The quantitative estimate of drug-likeness (QED) is 0.567. The molecule has 172 valence electrons. The minimum atomic E-state index is -0.444. The molecule has 0 radical (unpaired) electrons. The van der Waals surface area contributed by atoms with E-state index in [4.69, 9.17) is 5.73 Å². The summed E-state index contributed by atoms with van der Waals surface area (Å²) < 4.78 is 17.6. The molecule has 0 spiro atoms. The van der Waals surface area contributed by atoms with Gasteiger partial charge in [0.2, 0.25) is 0 Å². The van der Waals surface area contributed by atoms with E-state index in [0.717, 1.165) is 42.8 Å². The molecule has 0 aliphatic heterocycles. The van der Waals surface area contributed by atoms with E-state index in [2.05, 4.69) is 14.9 Å². The molecule has 33 heavy (non-hydrogen) atoms. The Morgan fingerprint density at radius 1 is 1.18 bits per heavy atom. The van der Waals surface area contributed by atoms with E-state index < -0.39 is 5.82 Å². The summed E-state index contributed by atoms with van der Waals surface area (Å²) in [7, 11) is 0. The molecule has 3 N–H and O–H groups in total. The molecule has 0 bridgehead atoms. The highest BCUT2D eigenvalue weighted by Gasteiger charge is 2.31. The number of hydrogen-bond donors (Lipinski definition) is 2. The van der Waals surface area contributed by atoms with Gasteiger partial charge < -0.3 is 16.0 Å². The number of anilines is 1. The van der Waals surface area contributed by atoms with Gasteiger partial charge in [-0.2, -0.15) is 0 Å². The van der Waals surface area contributed by atoms with Crippen LogP contribution in [0.2, 0.25) is 0 Å². The van der Waals surface area contributed by atoms with Gasteiger partial charge in [-0.15, -0.1) is 5.10 Å². The van der Waals surface area contributed by atoms with Crippen LogP contribution in [-0.4, -0.2) is 38.4 Å². The van der Waals surface area contributed by atoms with Gasteiger partial charge in [-0.05, 0) is 67.2 Å². The van der Waals surface area contributed by atoms with Gasteiger partial charge in [0.05, 0.1) is 5.69 Å². The summed E-state index contributed by atoms with van der Waals surface area (Å²) in [6.45, 7) is 2.08. The average Bonchev–Trinajstić information content (AvgIpc) is 3.25. The average molecular weight is 468 g/mol. The lowest BCUT2D eigenvalue weighted by Crippen LogP contribution is -2.51. The number of halogens is 1. The Morgan fingerprint density at radius 3 is 2.61 bits per heavy atom. The zero-order valence-corrected chi connectivity index (χ0v) is 19.1. The van der Waals surface area contributed by atoms with Crippen molar-refractivity contribution in [1.29, 1.82) is 0 Å². The predicted molar refractivity (Wildman–Crippen MR) is 126 cm³/mol. The molecule has 1 heterocycles. The number of hydrogen-bond acceptors (Lipinski definition) is 6. The van der Waals surface area contributed by atoms with Gasteiger partial charge in [0, 0.05) is 29.9 Å². The standard InChI is InChI=1S/C24H26FN5O2S/c1-15-22(33-29-28-15)23(31)27-19-11-9-16(10-12-19)14-30(21-8-3-2-7-20(21)26)24(32)17-5-4-6-18(25)13-17/h4-6,9-13,20-21H,2-3,7-8,14,26H2,1H3,(H,27,31). The first-order chi connectivity index (χ1) is 15.9. The van der Waals surface area contributed by atoms with Gasteiger partial charge in [0.1, 0.15) is 10.7 Å². The van der Waals surface area contributed by atoms with Crippen LogP contribution in [0.3, 0.4) is 0 Å². The molecule has 2 aromatic carbocycles. The molecule has 1 aliphatic rings. The van der Waals surface area contributed by atoms with E-state index in [1.54, 1.807) is 36.1 Å². The third kappa shape index (κ3) is 5.43. The van der Waals surface area contributed by atoms with E-state index in [9.17, 15) is 14.0 Å². The van der Waals surface area contributed by atoms with E-state index in [1.165, 1.54) is 12.1 Å². The van der Waals surface area contributed by atoms with E-state index in [1.807, 2.05) is 12.1 Å². The second-order valence-electron chi connectivity index (χ2n) is 8.30. The molecular weight excluding hydrogens is 441 g/mol. The summed E-state index contributed by atoms with van der Waals surface area (Å²) in [5.74, 6) is -0.936. The second-order valence-corrected chi connectivity index (χ2v) is 9.05. The Labute approximate surface area is 196 Å². The molecule has 2 atom stereocenters. The van der Waals surface area contributed by atoms with Crippen molar-refractivity contribution in [1.82, 2.24) is 14.5 Å². The van der Waals surface area contributed by atoms with Crippen LogP contribution < -0.4 is 11.1 Å². The van der Waals surface area contributed by atoms with Crippen molar-refractivity contribution >= 4 is 29.0 Å². The number of carbonyl (C=O) groups excluding carboxylic acids is 2. The maximum absolute atomic E-state index is 13.8. The van der Waals surface area contributed by atoms with Crippen molar-refractivity contribution in [2.75, 3.05) is 5.32 Å². The summed E-state index contributed by atoms with van der Waals surface area (Å²) in [5, 5.41) is 6.70. The lowest BCUT2D eigenvalue weighted by molar-refractivity contribution is 0.0583. The highest BCUT2D eigenvalue weighted by molar-refractivity contribution is 7.08. The maximum Gasteiger partial charge on any atom is 0.269 e. The van der Waals surface area contributed by atoms with Gasteiger partial charge in [0.25, 0.3) is 11.8 Å². The van der Waals surface area contributed by atoms with E-state index >= 15 is 0 Å². The van der Waals surface area contributed by atoms with Gasteiger partial charge in [-0.25, -0.2) is 4.39 Å². The molecule has 2 unspecified atom stereocenters. The largest absolute Gasteiger partial charge is 0.330 e. The van der Waals surface area contributed by atoms with Crippen LogP contribution in [0.1, 0.15) is 57.0 Å². The lowest BCUT2D eigenvalue weighted by Gasteiger charge is -2.38. The van der Waals surface area contributed by atoms with Crippen LogP contribution in [0, 0.1) is 12.7 Å². The van der Waals surface area contributed by atoms with Crippen molar-refractivity contribution in [2.24, 2.45) is 5.73 Å². The normalized spacial score (nSPS) is 18.0. The minimum Gasteiger partial charge on any atom is -0.330 e. The number of rotatable bonds is 6. The third-order valence-corrected chi connectivity index (χ3v) is 6.76. The zero-order chi connectivity index (χ0) is 23.4. The first-order valence-corrected chi connectivity index (χ1v) is 11.7. The minimum absolute atomic E-state index is 0.115. The number of nitrogens with two attached hydrogens (primary N) is 1. The molecule has 2 amide bonds. The fourth-order valence-corrected chi connectivity index (χ4v) is 4.72. The van der Waals surface area contributed by atoms with Crippen molar-refractivity contribution in [3.8, 4) is 0 Å². The number of nitrogens with one attached hydrogen (secondary N) is 1. The third-order valence-electron chi connectivity index (χ3n) is 5.94. The number of aromatic nitrogens is 2. The second kappa shape index (κ2) is 10.2. The number of amides is 2. The van der Waals surface area contributed by atoms with Crippen LogP contribution in [0.15, 0.2) is 48.5 Å². The van der Waals surface area contributed by atoms with Crippen LogP contribution in [-0.2, 0) is 6.54 Å². The summed E-state index contributed by atoms with van der Waals surface area (Å²) in [5.41, 5.74) is 8.82. The van der Waals surface area contributed by atoms with Crippen molar-refractivity contribution in [3.63, 3.8) is 0 Å². The van der Waals surface area contributed by atoms with Gasteiger partial charge in [0.15, 0.2) is 0 Å². The SMILES string of the molecule is Cc1nnsc1C(=O)Nc1ccc(CN(C(=O)c2cccc(F)c2)C2CCCCC2N)cc1. The Hall–Kier alpha value is -3.17. The molecule has 3 aromatic rings. The van der Waals surface area contributed by atoms with Gasteiger partial charge in [-0.1, -0.05) is 35.5 Å². The van der Waals surface area contributed by atoms with Crippen LogP contribution in [0.5, 0.6) is 0 Å². The van der Waals surface area contributed by atoms with Crippen LogP contribution >= 0.6 is 11.5 Å². The molecule has 1 aromatic heterocycles. The fraction of sp³-hybridized carbons (Fsp3) is 0.333. The molecule has 0 saturated heterocycles. The highest BCUT2D eigenvalue weighted by atomic mass is 32.1. The first kappa shape index (κ1) is 23.0. The topological polar surface area (TPSA) is 101 Å². The Kier molecular flexibility index (Phi) is 7.10. The maximum atomic E-state index is 13.8. The Bertz CT molecular complexity index is 1130. The van der Waals surface area contributed by atoms with E-state index in [-0.39, 0.29) is 23.9 Å². The monoisotopic (exact) mass is 467 g/mol. The zero-order valence-electron chi connectivity index (χ0n) is 18.3. The molecular formula is C24H26FN5O2S. The van der Waals surface area contributed by atoms with Crippen LogP contribution in [0.4, 0.5) is 10.1 Å². The highest BCUT2D eigenvalue weighted by Crippen LogP contribution is 2.26. The van der Waals surface area contributed by atoms with Crippen molar-refractivity contribution < 1.29 is 14.0 Å². The van der Waals surface area contributed by atoms with Crippen molar-refractivity contribution in [2.45, 2.75) is 51.2 Å². The number of nitrogens with zero attached hydrogens (tertiary/aromatic N) is 3. The van der Waals surface area contributed by atoms with Gasteiger partial charge in [-0.3, -0.25) is 9.59 Å². The first-order valence-electron chi connectivity index (χ1n) is 10.9. The molecule has 7 nitrogen and oxygen atoms in total. The molecule has 4 rings (SSSR count). The van der Waals surface area contributed by atoms with Crippen molar-refractivity contribution in [3.05, 3.63) is 76.0 Å². The van der Waals surface area contributed by atoms with Crippen LogP contribution in [0.25, 0.3) is 0 Å².